The number of hydrogen-bond acceptors (Lipinski definition) is 7. The number of ether oxygens (including phenoxy) is 3. The summed E-state index contributed by atoms with van der Waals surface area (Å²) in [6.45, 7) is 17.7. The maximum atomic E-state index is 13.0. The maximum absolute atomic E-state index is 13.0. The van der Waals surface area contributed by atoms with Gasteiger partial charge in [-0.2, -0.15) is 0 Å². The molecule has 41 heavy (non-hydrogen) atoms. The Hall–Kier alpha value is -1.73. The van der Waals surface area contributed by atoms with Gasteiger partial charge in [-0.05, 0) is 92.8 Å². The molecule has 7 nitrogen and oxygen atoms in total. The zero-order valence-electron chi connectivity index (χ0n) is 26.7. The number of ketones is 1. The van der Waals surface area contributed by atoms with Crippen LogP contribution in [0.5, 0.6) is 0 Å². The Bertz CT molecular complexity index is 1130. The largest absolute Gasteiger partial charge is 0.457 e. The third kappa shape index (κ3) is 4.63. The molecule has 0 amide bonds. The molecule has 0 spiro atoms. The van der Waals surface area contributed by atoms with Crippen LogP contribution in [0.1, 0.15) is 114 Å². The summed E-state index contributed by atoms with van der Waals surface area (Å²) in [5.41, 5.74) is 0.0886. The summed E-state index contributed by atoms with van der Waals surface area (Å²) >= 11 is 0. The molecule has 10 unspecified atom stereocenters. The standard InChI is InChI=1S/C34H52O7/c1-19(35)39-28(31(5,6)38)25-18-21(29(41-25)40-20(2)36)22-12-16-34(9)24-10-11-26-30(3,4)27(37)14-15-32(26,7)23(24)13-17-33(22,34)8/h10,21-23,25-26,28-29,38H,11-18H2,1-9H3. The van der Waals surface area contributed by atoms with Crippen LogP contribution in [0.15, 0.2) is 11.6 Å². The second-order valence-corrected chi connectivity index (χ2v) is 15.8. The Labute approximate surface area is 246 Å². The van der Waals surface area contributed by atoms with Gasteiger partial charge in [0.2, 0.25) is 6.29 Å². The molecular weight excluding hydrogens is 520 g/mol. The van der Waals surface area contributed by atoms with Crippen molar-refractivity contribution in [1.82, 2.24) is 0 Å². The summed E-state index contributed by atoms with van der Waals surface area (Å²) in [5, 5.41) is 10.9. The predicted octanol–water partition coefficient (Wildman–Crippen LogP) is 6.16. The van der Waals surface area contributed by atoms with Crippen molar-refractivity contribution in [3.05, 3.63) is 11.6 Å². The highest BCUT2D eigenvalue weighted by Gasteiger charge is 2.67. The van der Waals surface area contributed by atoms with Crippen molar-refractivity contribution in [3.8, 4) is 0 Å². The van der Waals surface area contributed by atoms with Gasteiger partial charge in [-0.3, -0.25) is 14.4 Å². The highest BCUT2D eigenvalue weighted by Crippen LogP contribution is 2.73. The molecule has 7 heteroatoms. The molecular formula is C34H52O7. The van der Waals surface area contributed by atoms with Gasteiger partial charge in [0, 0.05) is 31.6 Å². The first-order valence-corrected chi connectivity index (χ1v) is 15.8. The molecule has 0 radical (unpaired) electrons. The highest BCUT2D eigenvalue weighted by molar-refractivity contribution is 5.85. The van der Waals surface area contributed by atoms with Crippen molar-refractivity contribution in [3.63, 3.8) is 0 Å². The first-order valence-electron chi connectivity index (χ1n) is 15.8. The van der Waals surface area contributed by atoms with Gasteiger partial charge in [-0.15, -0.1) is 0 Å². The minimum Gasteiger partial charge on any atom is -0.457 e. The lowest BCUT2D eigenvalue weighted by molar-refractivity contribution is -0.208. The van der Waals surface area contributed by atoms with Gasteiger partial charge < -0.3 is 19.3 Å². The van der Waals surface area contributed by atoms with Gasteiger partial charge in [0.25, 0.3) is 0 Å². The molecule has 10 atom stereocenters. The summed E-state index contributed by atoms with van der Waals surface area (Å²) in [7, 11) is 0. The number of esters is 2. The van der Waals surface area contributed by atoms with Crippen molar-refractivity contribution in [2.24, 2.45) is 45.3 Å². The lowest BCUT2D eigenvalue weighted by atomic mass is 9.41. The summed E-state index contributed by atoms with van der Waals surface area (Å²) in [6, 6.07) is 0. The van der Waals surface area contributed by atoms with E-state index in [4.69, 9.17) is 14.2 Å². The molecule has 1 heterocycles. The number of aliphatic hydroxyl groups is 1. The molecule has 0 aromatic rings. The van der Waals surface area contributed by atoms with E-state index in [0.29, 0.717) is 30.5 Å². The fourth-order valence-corrected chi connectivity index (χ4v) is 10.6. The lowest BCUT2D eigenvalue weighted by Crippen LogP contribution is -2.57. The van der Waals surface area contributed by atoms with Gasteiger partial charge in [-0.25, -0.2) is 0 Å². The van der Waals surface area contributed by atoms with Crippen LogP contribution in [0.4, 0.5) is 0 Å². The Morgan fingerprint density at radius 3 is 2.34 bits per heavy atom. The normalized spacial score (nSPS) is 44.2. The number of allylic oxidation sites excluding steroid dienone is 2. The van der Waals surface area contributed by atoms with E-state index in [1.807, 2.05) is 0 Å². The number of fused-ring (bicyclic) bond motifs is 5. The number of carbonyl (C=O) groups excluding carboxylic acids is 3. The molecule has 0 aromatic carbocycles. The Morgan fingerprint density at radius 2 is 1.73 bits per heavy atom. The van der Waals surface area contributed by atoms with Gasteiger partial charge in [0.15, 0.2) is 6.10 Å². The molecule has 3 saturated carbocycles. The van der Waals surface area contributed by atoms with Crippen LogP contribution >= 0.6 is 0 Å². The zero-order chi connectivity index (χ0) is 30.3. The second-order valence-electron chi connectivity index (χ2n) is 15.8. The first-order chi connectivity index (χ1) is 18.9. The zero-order valence-corrected chi connectivity index (χ0v) is 26.7. The minimum atomic E-state index is -1.31. The molecule has 4 aliphatic carbocycles. The molecule has 1 N–H and O–H groups in total. The van der Waals surface area contributed by atoms with Gasteiger partial charge in [0.05, 0.1) is 5.60 Å². The molecule has 230 valence electrons. The molecule has 1 aliphatic heterocycles. The van der Waals surface area contributed by atoms with Crippen molar-refractivity contribution in [2.45, 2.75) is 138 Å². The molecule has 0 bridgehead atoms. The van der Waals surface area contributed by atoms with Crippen LogP contribution in [0.2, 0.25) is 0 Å². The van der Waals surface area contributed by atoms with Crippen LogP contribution in [0.3, 0.4) is 0 Å². The summed E-state index contributed by atoms with van der Waals surface area (Å²) < 4.78 is 17.7. The first kappa shape index (κ1) is 30.7. The quantitative estimate of drug-likeness (QED) is 0.311. The highest BCUT2D eigenvalue weighted by atomic mass is 16.7. The number of carbonyl (C=O) groups is 3. The van der Waals surface area contributed by atoms with Crippen molar-refractivity contribution in [1.29, 1.82) is 0 Å². The summed E-state index contributed by atoms with van der Waals surface area (Å²) in [6.07, 6.45) is 7.71. The van der Waals surface area contributed by atoms with Crippen LogP contribution in [0.25, 0.3) is 0 Å². The topological polar surface area (TPSA) is 99.1 Å². The Kier molecular flexibility index (Phi) is 7.42. The summed E-state index contributed by atoms with van der Waals surface area (Å²) in [4.78, 5) is 37.1. The maximum Gasteiger partial charge on any atom is 0.304 e. The second kappa shape index (κ2) is 9.90. The fourth-order valence-electron chi connectivity index (χ4n) is 10.6. The van der Waals surface area contributed by atoms with Gasteiger partial charge in [-0.1, -0.05) is 46.3 Å². The lowest BCUT2D eigenvalue weighted by Gasteiger charge is -2.63. The van der Waals surface area contributed by atoms with Crippen LogP contribution in [0, 0.1) is 45.3 Å². The molecule has 1 saturated heterocycles. The van der Waals surface area contributed by atoms with Crippen molar-refractivity contribution in [2.75, 3.05) is 0 Å². The third-order valence-electron chi connectivity index (χ3n) is 12.9. The average Bonchev–Trinajstić information content (AvgIpc) is 3.36. The van der Waals surface area contributed by atoms with Gasteiger partial charge in [0.1, 0.15) is 11.9 Å². The Balaban J connectivity index is 1.47. The van der Waals surface area contributed by atoms with E-state index in [-0.39, 0.29) is 33.5 Å². The van der Waals surface area contributed by atoms with E-state index in [1.165, 1.54) is 13.8 Å². The van der Waals surface area contributed by atoms with Crippen LogP contribution < -0.4 is 0 Å². The minimum absolute atomic E-state index is 0.00452. The third-order valence-corrected chi connectivity index (χ3v) is 12.9. The SMILES string of the molecule is CC(=O)OC1OC(C(OC(C)=O)C(C)(C)O)CC1C1CCC2(C)C3=CCC4C(C)(C)C(=O)CCC4(C)C3CCC12C. The smallest absolute Gasteiger partial charge is 0.304 e. The van der Waals surface area contributed by atoms with Crippen molar-refractivity contribution >= 4 is 17.7 Å². The van der Waals surface area contributed by atoms with Gasteiger partial charge >= 0.3 is 11.9 Å². The predicted molar refractivity (Wildman–Crippen MR) is 154 cm³/mol. The molecule has 5 aliphatic rings. The monoisotopic (exact) mass is 572 g/mol. The average molecular weight is 573 g/mol. The van der Waals surface area contributed by atoms with E-state index >= 15 is 0 Å². The molecule has 5 rings (SSSR count). The number of Topliss-reactive ketones (excluding diaryl/α,β-unsaturated/α-hetero) is 1. The number of rotatable bonds is 5. The summed E-state index contributed by atoms with van der Waals surface area (Å²) in [5.74, 6) is 0.569. The van der Waals surface area contributed by atoms with Crippen molar-refractivity contribution < 1.29 is 33.7 Å². The Morgan fingerprint density at radius 1 is 1.05 bits per heavy atom. The van der Waals surface area contributed by atoms with Crippen LogP contribution in [-0.4, -0.2) is 46.9 Å². The van der Waals surface area contributed by atoms with E-state index in [2.05, 4.69) is 40.7 Å². The van der Waals surface area contributed by atoms with E-state index < -0.39 is 36.0 Å². The number of hydrogen-bond donors (Lipinski definition) is 1. The van der Waals surface area contributed by atoms with Crippen LogP contribution in [-0.2, 0) is 28.6 Å². The van der Waals surface area contributed by atoms with E-state index in [9.17, 15) is 19.5 Å². The fraction of sp³-hybridized carbons (Fsp3) is 0.853. The molecule has 4 fully saturated rings. The van der Waals surface area contributed by atoms with E-state index in [0.717, 1.165) is 38.5 Å². The molecule has 0 aromatic heterocycles. The van der Waals surface area contributed by atoms with E-state index in [1.54, 1.807) is 19.4 Å².